The van der Waals surface area contributed by atoms with Gasteiger partial charge in [0.1, 0.15) is 0 Å². The zero-order valence-corrected chi connectivity index (χ0v) is 14.0. The second-order valence-electron chi connectivity index (χ2n) is 6.28. The molecule has 3 rings (SSSR count). The van der Waals surface area contributed by atoms with Gasteiger partial charge < -0.3 is 0 Å². The third kappa shape index (κ3) is 3.56. The van der Waals surface area contributed by atoms with Gasteiger partial charge in [0.05, 0.1) is 0 Å². The van der Waals surface area contributed by atoms with Crippen LogP contribution in [0.25, 0.3) is 0 Å². The molecular formula is C19H25NS. The summed E-state index contributed by atoms with van der Waals surface area (Å²) in [6.45, 7) is 6.75. The van der Waals surface area contributed by atoms with E-state index in [4.69, 9.17) is 0 Å². The highest BCUT2D eigenvalue weighted by atomic mass is 32.1. The fourth-order valence-corrected chi connectivity index (χ4v) is 4.30. The van der Waals surface area contributed by atoms with E-state index in [-0.39, 0.29) is 0 Å². The van der Waals surface area contributed by atoms with Crippen molar-refractivity contribution in [3.05, 3.63) is 57.3 Å². The Balaban J connectivity index is 1.82. The first-order valence-electron chi connectivity index (χ1n) is 8.07. The Kier molecular flexibility index (Phi) is 4.77. The number of likely N-dealkylation sites (tertiary alicyclic amines) is 1. The topological polar surface area (TPSA) is 3.24 Å². The van der Waals surface area contributed by atoms with Crippen LogP contribution in [0.4, 0.5) is 0 Å². The molecule has 1 aliphatic rings. The molecule has 0 saturated carbocycles. The van der Waals surface area contributed by atoms with Crippen molar-refractivity contribution in [2.24, 2.45) is 0 Å². The average molecular weight is 299 g/mol. The molecule has 0 aliphatic carbocycles. The minimum absolute atomic E-state index is 0.619. The fraction of sp³-hybridized carbons (Fsp3) is 0.474. The van der Waals surface area contributed by atoms with Gasteiger partial charge in [0.25, 0.3) is 0 Å². The zero-order chi connectivity index (χ0) is 14.7. The molecule has 1 aliphatic heterocycles. The van der Waals surface area contributed by atoms with E-state index in [0.717, 1.165) is 6.54 Å². The van der Waals surface area contributed by atoms with E-state index in [2.05, 4.69) is 54.5 Å². The Labute approximate surface area is 132 Å². The van der Waals surface area contributed by atoms with Crippen LogP contribution in [-0.2, 0) is 6.54 Å². The minimum Gasteiger partial charge on any atom is -0.291 e. The molecule has 0 unspecified atom stereocenters. The first-order valence-corrected chi connectivity index (χ1v) is 8.95. The Hall–Kier alpha value is -1.12. The molecule has 1 nitrogen and oxygen atoms in total. The summed E-state index contributed by atoms with van der Waals surface area (Å²) in [5.74, 6) is 0. The molecule has 1 fully saturated rings. The Morgan fingerprint density at radius 1 is 1.14 bits per heavy atom. The van der Waals surface area contributed by atoms with Gasteiger partial charge in [-0.15, -0.1) is 11.3 Å². The largest absolute Gasteiger partial charge is 0.291 e. The molecule has 0 spiro atoms. The van der Waals surface area contributed by atoms with Gasteiger partial charge in [-0.2, -0.15) is 0 Å². The van der Waals surface area contributed by atoms with Gasteiger partial charge in [-0.3, -0.25) is 4.90 Å². The van der Waals surface area contributed by atoms with Gasteiger partial charge in [0.15, 0.2) is 0 Å². The van der Waals surface area contributed by atoms with E-state index in [1.165, 1.54) is 48.9 Å². The molecular weight excluding hydrogens is 274 g/mol. The summed E-state index contributed by atoms with van der Waals surface area (Å²) in [7, 11) is 0. The van der Waals surface area contributed by atoms with Gasteiger partial charge in [0.2, 0.25) is 0 Å². The average Bonchev–Trinajstić information content (AvgIpc) is 2.89. The highest BCUT2D eigenvalue weighted by Crippen LogP contribution is 2.34. The molecule has 1 aromatic heterocycles. The highest BCUT2D eigenvalue weighted by Gasteiger charge is 2.23. The number of thiophene rings is 1. The number of hydrogen-bond acceptors (Lipinski definition) is 2. The van der Waals surface area contributed by atoms with Crippen LogP contribution in [0.5, 0.6) is 0 Å². The van der Waals surface area contributed by atoms with Crippen LogP contribution in [0.1, 0.15) is 53.3 Å². The van der Waals surface area contributed by atoms with Crippen molar-refractivity contribution in [2.45, 2.75) is 52.1 Å². The van der Waals surface area contributed by atoms with Crippen molar-refractivity contribution >= 4 is 11.3 Å². The smallest absolute Gasteiger partial charge is 0.0445 e. The van der Waals surface area contributed by atoms with E-state index >= 15 is 0 Å². The Morgan fingerprint density at radius 2 is 2.05 bits per heavy atom. The van der Waals surface area contributed by atoms with Crippen molar-refractivity contribution in [3.8, 4) is 0 Å². The molecule has 0 amide bonds. The number of benzene rings is 1. The molecule has 1 atom stereocenters. The predicted octanol–water partition coefficient (Wildman–Crippen LogP) is 5.48. The molecule has 2 heteroatoms. The molecule has 0 bridgehead atoms. The second-order valence-corrected chi connectivity index (χ2v) is 7.26. The molecule has 112 valence electrons. The lowest BCUT2D eigenvalue weighted by Gasteiger charge is -2.30. The monoisotopic (exact) mass is 299 g/mol. The number of nitrogens with zero attached hydrogens (tertiary/aromatic N) is 1. The molecule has 1 aromatic carbocycles. The number of rotatable bonds is 3. The van der Waals surface area contributed by atoms with E-state index in [0.29, 0.717) is 6.04 Å². The molecule has 0 N–H and O–H groups in total. The molecule has 1 saturated heterocycles. The predicted molar refractivity (Wildman–Crippen MR) is 91.9 cm³/mol. The van der Waals surface area contributed by atoms with Crippen molar-refractivity contribution < 1.29 is 0 Å². The van der Waals surface area contributed by atoms with Crippen molar-refractivity contribution in [1.29, 1.82) is 0 Å². The first kappa shape index (κ1) is 14.8. The van der Waals surface area contributed by atoms with Gasteiger partial charge >= 0.3 is 0 Å². The molecule has 2 heterocycles. The summed E-state index contributed by atoms with van der Waals surface area (Å²) in [5.41, 5.74) is 4.29. The van der Waals surface area contributed by atoms with E-state index in [9.17, 15) is 0 Å². The van der Waals surface area contributed by atoms with Crippen LogP contribution < -0.4 is 0 Å². The van der Waals surface area contributed by atoms with Gasteiger partial charge in [0, 0.05) is 17.5 Å². The lowest BCUT2D eigenvalue weighted by Crippen LogP contribution is -2.28. The maximum atomic E-state index is 2.70. The summed E-state index contributed by atoms with van der Waals surface area (Å²) >= 11 is 1.92. The van der Waals surface area contributed by atoms with Crippen LogP contribution in [0.15, 0.2) is 35.7 Å². The van der Waals surface area contributed by atoms with Crippen molar-refractivity contribution in [3.63, 3.8) is 0 Å². The van der Waals surface area contributed by atoms with Crippen LogP contribution in [0, 0.1) is 13.8 Å². The molecule has 2 aromatic rings. The lowest BCUT2D eigenvalue weighted by atomic mass is 10.0. The summed E-state index contributed by atoms with van der Waals surface area (Å²) in [6.07, 6.45) is 5.40. The maximum absolute atomic E-state index is 2.70. The van der Waals surface area contributed by atoms with Crippen LogP contribution in [0.2, 0.25) is 0 Å². The Morgan fingerprint density at radius 3 is 2.81 bits per heavy atom. The molecule has 21 heavy (non-hydrogen) atoms. The minimum atomic E-state index is 0.619. The van der Waals surface area contributed by atoms with Crippen molar-refractivity contribution in [2.75, 3.05) is 6.54 Å². The normalized spacial score (nSPS) is 20.4. The second kappa shape index (κ2) is 6.76. The summed E-state index contributed by atoms with van der Waals surface area (Å²) < 4.78 is 0. The fourth-order valence-electron chi connectivity index (χ4n) is 3.40. The van der Waals surface area contributed by atoms with Gasteiger partial charge in [-0.25, -0.2) is 0 Å². The first-order chi connectivity index (χ1) is 10.2. The van der Waals surface area contributed by atoms with Gasteiger partial charge in [-0.1, -0.05) is 42.7 Å². The zero-order valence-electron chi connectivity index (χ0n) is 13.1. The van der Waals surface area contributed by atoms with Gasteiger partial charge in [-0.05, 0) is 55.8 Å². The molecule has 0 radical (unpaired) electrons. The van der Waals surface area contributed by atoms with E-state index in [1.807, 2.05) is 11.3 Å². The Bertz CT molecular complexity index is 573. The quantitative estimate of drug-likeness (QED) is 0.725. The summed E-state index contributed by atoms with van der Waals surface area (Å²) in [5, 5.41) is 2.22. The third-order valence-corrected chi connectivity index (χ3v) is 5.58. The standard InChI is InChI=1S/C19H25NS/c1-15-9-10-17(16(2)13-15)14-20-11-5-3-4-7-18(20)19-8-6-12-21-19/h6,8-10,12-13,18H,3-5,7,11,14H2,1-2H3/t18-/m0/s1. The maximum Gasteiger partial charge on any atom is 0.0445 e. The highest BCUT2D eigenvalue weighted by molar-refractivity contribution is 7.10. The number of hydrogen-bond donors (Lipinski definition) is 0. The van der Waals surface area contributed by atoms with Crippen LogP contribution in [0.3, 0.4) is 0 Å². The van der Waals surface area contributed by atoms with Crippen LogP contribution >= 0.6 is 11.3 Å². The summed E-state index contributed by atoms with van der Waals surface area (Å²) in [4.78, 5) is 4.25. The summed E-state index contributed by atoms with van der Waals surface area (Å²) in [6, 6.07) is 12.0. The third-order valence-electron chi connectivity index (χ3n) is 4.61. The van der Waals surface area contributed by atoms with Crippen molar-refractivity contribution in [1.82, 2.24) is 4.90 Å². The SMILES string of the molecule is Cc1ccc(CN2CCCCC[C@H]2c2cccs2)c(C)c1. The van der Waals surface area contributed by atoms with E-state index < -0.39 is 0 Å². The number of aryl methyl sites for hydroxylation is 2. The lowest BCUT2D eigenvalue weighted by molar-refractivity contribution is 0.195. The van der Waals surface area contributed by atoms with Crippen LogP contribution in [-0.4, -0.2) is 11.4 Å². The van der Waals surface area contributed by atoms with E-state index in [1.54, 1.807) is 4.88 Å².